The molecule has 0 aromatic heterocycles. The standard InChI is InChI=1S/C15H20O3S/c1-11-3-4-13(7-12(11)2)8-15(16)9-14-5-6-19(17,18)10-14/h3-4,7,14H,5-6,8-10H2,1-2H3. The van der Waals surface area contributed by atoms with Crippen molar-refractivity contribution in [2.45, 2.75) is 33.1 Å². The van der Waals surface area contributed by atoms with E-state index in [0.29, 0.717) is 19.3 Å². The van der Waals surface area contributed by atoms with Crippen LogP contribution in [-0.4, -0.2) is 25.7 Å². The first-order valence-electron chi connectivity index (χ1n) is 6.64. The molecule has 1 saturated heterocycles. The van der Waals surface area contributed by atoms with E-state index in [0.717, 1.165) is 5.56 Å². The summed E-state index contributed by atoms with van der Waals surface area (Å²) in [7, 11) is -2.88. The van der Waals surface area contributed by atoms with Gasteiger partial charge in [0.05, 0.1) is 11.5 Å². The average Bonchev–Trinajstić information content (AvgIpc) is 2.63. The van der Waals surface area contributed by atoms with Gasteiger partial charge in [-0.1, -0.05) is 18.2 Å². The van der Waals surface area contributed by atoms with Crippen molar-refractivity contribution in [3.8, 4) is 0 Å². The number of benzene rings is 1. The molecule has 0 spiro atoms. The molecule has 2 rings (SSSR count). The van der Waals surface area contributed by atoms with E-state index in [9.17, 15) is 13.2 Å². The highest BCUT2D eigenvalue weighted by Gasteiger charge is 2.29. The van der Waals surface area contributed by atoms with E-state index in [4.69, 9.17) is 0 Å². The summed E-state index contributed by atoms with van der Waals surface area (Å²) in [6.45, 7) is 4.08. The summed E-state index contributed by atoms with van der Waals surface area (Å²) in [5.41, 5.74) is 3.43. The van der Waals surface area contributed by atoms with Gasteiger partial charge >= 0.3 is 0 Å². The SMILES string of the molecule is Cc1ccc(CC(=O)CC2CCS(=O)(=O)C2)cc1C. The molecule has 1 aliphatic heterocycles. The van der Waals surface area contributed by atoms with Crippen LogP contribution in [0, 0.1) is 19.8 Å². The van der Waals surface area contributed by atoms with E-state index in [1.807, 2.05) is 32.0 Å². The number of ketones is 1. The summed E-state index contributed by atoms with van der Waals surface area (Å²) in [4.78, 5) is 12.0. The predicted octanol–water partition coefficient (Wildman–Crippen LogP) is 2.24. The number of aryl methyl sites for hydroxylation is 2. The number of carbonyl (C=O) groups is 1. The van der Waals surface area contributed by atoms with Crippen LogP contribution in [0.1, 0.15) is 29.5 Å². The number of rotatable bonds is 4. The van der Waals surface area contributed by atoms with Crippen molar-refractivity contribution in [3.05, 3.63) is 34.9 Å². The minimum atomic E-state index is -2.88. The normalized spacial score (nSPS) is 21.5. The van der Waals surface area contributed by atoms with E-state index in [1.54, 1.807) is 0 Å². The summed E-state index contributed by atoms with van der Waals surface area (Å²) in [5, 5.41) is 0. The smallest absolute Gasteiger partial charge is 0.150 e. The molecule has 1 unspecified atom stereocenters. The summed E-state index contributed by atoms with van der Waals surface area (Å²) in [5.74, 6) is 0.606. The van der Waals surface area contributed by atoms with E-state index in [-0.39, 0.29) is 23.2 Å². The number of hydrogen-bond donors (Lipinski definition) is 0. The lowest BCUT2D eigenvalue weighted by Gasteiger charge is -2.08. The number of carbonyl (C=O) groups excluding carboxylic acids is 1. The van der Waals surface area contributed by atoms with Crippen molar-refractivity contribution < 1.29 is 13.2 Å². The zero-order valence-electron chi connectivity index (χ0n) is 11.5. The predicted molar refractivity (Wildman–Crippen MR) is 76.0 cm³/mol. The summed E-state index contributed by atoms with van der Waals surface area (Å²) in [6, 6.07) is 6.04. The lowest BCUT2D eigenvalue weighted by molar-refractivity contribution is -0.119. The fourth-order valence-corrected chi connectivity index (χ4v) is 4.43. The highest BCUT2D eigenvalue weighted by atomic mass is 32.2. The Morgan fingerprint density at radius 1 is 1.26 bits per heavy atom. The molecule has 1 aromatic carbocycles. The second kappa shape index (κ2) is 5.45. The Morgan fingerprint density at radius 3 is 2.58 bits per heavy atom. The maximum absolute atomic E-state index is 12.0. The second-order valence-corrected chi connectivity index (χ2v) is 7.84. The second-order valence-electron chi connectivity index (χ2n) is 5.61. The molecule has 0 amide bonds. The Labute approximate surface area is 114 Å². The molecule has 0 radical (unpaired) electrons. The molecular formula is C15H20O3S. The van der Waals surface area contributed by atoms with Gasteiger partial charge in [-0.05, 0) is 42.9 Å². The molecule has 0 aliphatic carbocycles. The van der Waals surface area contributed by atoms with Gasteiger partial charge in [-0.3, -0.25) is 4.79 Å². The third-order valence-electron chi connectivity index (χ3n) is 3.82. The molecule has 0 saturated carbocycles. The van der Waals surface area contributed by atoms with Crippen molar-refractivity contribution in [2.24, 2.45) is 5.92 Å². The fourth-order valence-electron chi connectivity index (χ4n) is 2.57. The van der Waals surface area contributed by atoms with Gasteiger partial charge in [0.15, 0.2) is 9.84 Å². The molecule has 0 N–H and O–H groups in total. The maximum Gasteiger partial charge on any atom is 0.150 e. The monoisotopic (exact) mass is 280 g/mol. The zero-order chi connectivity index (χ0) is 14.0. The third kappa shape index (κ3) is 3.90. The largest absolute Gasteiger partial charge is 0.299 e. The van der Waals surface area contributed by atoms with Gasteiger partial charge in [-0.15, -0.1) is 0 Å². The van der Waals surface area contributed by atoms with Crippen LogP contribution in [0.25, 0.3) is 0 Å². The minimum Gasteiger partial charge on any atom is -0.299 e. The van der Waals surface area contributed by atoms with Gasteiger partial charge in [0.2, 0.25) is 0 Å². The van der Waals surface area contributed by atoms with Crippen LogP contribution in [0.2, 0.25) is 0 Å². The minimum absolute atomic E-state index is 0.0315. The summed E-state index contributed by atoms with van der Waals surface area (Å²) < 4.78 is 22.7. The van der Waals surface area contributed by atoms with Crippen molar-refractivity contribution in [1.82, 2.24) is 0 Å². The first kappa shape index (κ1) is 14.3. The zero-order valence-corrected chi connectivity index (χ0v) is 12.3. The third-order valence-corrected chi connectivity index (χ3v) is 5.65. The average molecular weight is 280 g/mol. The van der Waals surface area contributed by atoms with Gasteiger partial charge in [-0.2, -0.15) is 0 Å². The molecule has 1 atom stereocenters. The van der Waals surface area contributed by atoms with Crippen LogP contribution in [0.15, 0.2) is 18.2 Å². The Kier molecular flexibility index (Phi) is 4.09. The molecule has 3 nitrogen and oxygen atoms in total. The summed E-state index contributed by atoms with van der Waals surface area (Å²) in [6.07, 6.45) is 1.45. The molecule has 1 aliphatic rings. The van der Waals surface area contributed by atoms with Crippen molar-refractivity contribution in [3.63, 3.8) is 0 Å². The Hall–Kier alpha value is -1.16. The fraction of sp³-hybridized carbons (Fsp3) is 0.533. The number of Topliss-reactive ketones (excluding diaryl/α,β-unsaturated/α-hetero) is 1. The Morgan fingerprint density at radius 2 is 2.00 bits per heavy atom. The molecule has 1 aromatic rings. The molecule has 0 bridgehead atoms. The van der Waals surface area contributed by atoms with Crippen LogP contribution >= 0.6 is 0 Å². The van der Waals surface area contributed by atoms with Crippen LogP contribution in [0.3, 0.4) is 0 Å². The topological polar surface area (TPSA) is 51.2 Å². The quantitative estimate of drug-likeness (QED) is 0.850. The van der Waals surface area contributed by atoms with Gasteiger partial charge in [0.1, 0.15) is 5.78 Å². The molecule has 19 heavy (non-hydrogen) atoms. The van der Waals surface area contributed by atoms with Crippen molar-refractivity contribution in [2.75, 3.05) is 11.5 Å². The maximum atomic E-state index is 12.0. The highest BCUT2D eigenvalue weighted by molar-refractivity contribution is 7.91. The molecule has 4 heteroatoms. The van der Waals surface area contributed by atoms with Crippen molar-refractivity contribution >= 4 is 15.6 Å². The van der Waals surface area contributed by atoms with Crippen LogP contribution in [-0.2, 0) is 21.1 Å². The van der Waals surface area contributed by atoms with E-state index in [1.165, 1.54) is 11.1 Å². The molecule has 1 heterocycles. The van der Waals surface area contributed by atoms with E-state index < -0.39 is 9.84 Å². The molecular weight excluding hydrogens is 260 g/mol. The van der Waals surface area contributed by atoms with Crippen molar-refractivity contribution in [1.29, 1.82) is 0 Å². The Balaban J connectivity index is 1.93. The summed E-state index contributed by atoms with van der Waals surface area (Å²) >= 11 is 0. The molecule has 104 valence electrons. The van der Waals surface area contributed by atoms with Gasteiger partial charge in [0.25, 0.3) is 0 Å². The number of hydrogen-bond acceptors (Lipinski definition) is 3. The van der Waals surface area contributed by atoms with Gasteiger partial charge < -0.3 is 0 Å². The van der Waals surface area contributed by atoms with Crippen LogP contribution in [0.5, 0.6) is 0 Å². The highest BCUT2D eigenvalue weighted by Crippen LogP contribution is 2.22. The Bertz CT molecular complexity index is 587. The number of sulfone groups is 1. The van der Waals surface area contributed by atoms with Gasteiger partial charge in [-0.25, -0.2) is 8.42 Å². The first-order valence-corrected chi connectivity index (χ1v) is 8.46. The lowest BCUT2D eigenvalue weighted by atomic mass is 9.96. The van der Waals surface area contributed by atoms with Crippen LogP contribution < -0.4 is 0 Å². The molecule has 1 fully saturated rings. The lowest BCUT2D eigenvalue weighted by Crippen LogP contribution is -2.12. The van der Waals surface area contributed by atoms with E-state index in [2.05, 4.69) is 0 Å². The van der Waals surface area contributed by atoms with E-state index >= 15 is 0 Å². The van der Waals surface area contributed by atoms with Crippen LogP contribution in [0.4, 0.5) is 0 Å². The van der Waals surface area contributed by atoms with Gasteiger partial charge in [0, 0.05) is 12.8 Å². The first-order chi connectivity index (χ1) is 8.85.